The summed E-state index contributed by atoms with van der Waals surface area (Å²) < 4.78 is 28.0. The van der Waals surface area contributed by atoms with Crippen molar-refractivity contribution in [2.24, 2.45) is 0 Å². The molecular formula is C13H8Br2F2N2O. The maximum absolute atomic E-state index is 13.6. The van der Waals surface area contributed by atoms with Gasteiger partial charge in [0.15, 0.2) is 0 Å². The predicted octanol–water partition coefficient (Wildman–Crippen LogP) is 4.32. The van der Waals surface area contributed by atoms with Gasteiger partial charge in [0.05, 0.1) is 16.9 Å². The van der Waals surface area contributed by atoms with E-state index in [2.05, 4.69) is 37.2 Å². The lowest BCUT2D eigenvalue weighted by atomic mass is 10.1. The summed E-state index contributed by atoms with van der Waals surface area (Å²) in [5, 5.41) is 2.52. The molecule has 0 atom stereocenters. The second kappa shape index (κ2) is 5.88. The van der Waals surface area contributed by atoms with Gasteiger partial charge >= 0.3 is 0 Å². The fourth-order valence-electron chi connectivity index (χ4n) is 1.52. The molecule has 0 bridgehead atoms. The Morgan fingerprint density at radius 3 is 2.50 bits per heavy atom. The lowest BCUT2D eigenvalue weighted by molar-refractivity contribution is 0.102. The number of hydrogen-bond acceptors (Lipinski definition) is 2. The second-order valence-electron chi connectivity index (χ2n) is 3.93. The van der Waals surface area contributed by atoms with Crippen LogP contribution in [0, 0.1) is 11.6 Å². The first kappa shape index (κ1) is 14.9. The van der Waals surface area contributed by atoms with Crippen molar-refractivity contribution in [2.75, 3.05) is 11.1 Å². The van der Waals surface area contributed by atoms with Crippen LogP contribution in [-0.4, -0.2) is 5.91 Å². The monoisotopic (exact) mass is 404 g/mol. The first-order valence-corrected chi connectivity index (χ1v) is 6.98. The zero-order valence-corrected chi connectivity index (χ0v) is 13.1. The minimum atomic E-state index is -0.972. The molecule has 0 fully saturated rings. The lowest BCUT2D eigenvalue weighted by Gasteiger charge is -2.09. The van der Waals surface area contributed by atoms with Gasteiger partial charge in [-0.2, -0.15) is 0 Å². The summed E-state index contributed by atoms with van der Waals surface area (Å²) in [6, 6.07) is 6.68. The number of rotatable bonds is 2. The van der Waals surface area contributed by atoms with E-state index in [4.69, 9.17) is 5.73 Å². The van der Waals surface area contributed by atoms with E-state index in [1.807, 2.05) is 0 Å². The van der Waals surface area contributed by atoms with Crippen LogP contribution in [-0.2, 0) is 0 Å². The Labute approximate surface area is 130 Å². The minimum absolute atomic E-state index is 0.287. The molecule has 3 N–H and O–H groups in total. The molecule has 0 aliphatic rings. The molecule has 0 saturated heterocycles. The van der Waals surface area contributed by atoms with Crippen LogP contribution in [0.3, 0.4) is 0 Å². The molecule has 0 aliphatic heterocycles. The Balaban J connectivity index is 2.33. The highest BCUT2D eigenvalue weighted by molar-refractivity contribution is 9.11. The number of benzene rings is 2. The molecule has 20 heavy (non-hydrogen) atoms. The standard InChI is InChI=1S/C13H8Br2F2N2O/c14-6-1-2-8(15)12(3-6)19-13(20)7-4-11(18)10(17)5-9(7)16/h1-5H,18H2,(H,19,20). The number of hydrogen-bond donors (Lipinski definition) is 2. The number of anilines is 2. The molecule has 0 unspecified atom stereocenters. The number of nitrogens with two attached hydrogens (primary N) is 1. The van der Waals surface area contributed by atoms with Gasteiger partial charge in [-0.1, -0.05) is 15.9 Å². The van der Waals surface area contributed by atoms with Crippen LogP contribution in [0.2, 0.25) is 0 Å². The van der Waals surface area contributed by atoms with Gasteiger partial charge in [-0.05, 0) is 40.2 Å². The Kier molecular flexibility index (Phi) is 4.39. The van der Waals surface area contributed by atoms with E-state index in [9.17, 15) is 13.6 Å². The predicted molar refractivity (Wildman–Crippen MR) is 80.6 cm³/mol. The molecule has 0 aromatic heterocycles. The molecule has 3 nitrogen and oxygen atoms in total. The van der Waals surface area contributed by atoms with E-state index in [1.165, 1.54) is 0 Å². The summed E-state index contributed by atoms with van der Waals surface area (Å²) in [5.41, 5.74) is 5.18. The molecule has 0 spiro atoms. The largest absolute Gasteiger partial charge is 0.396 e. The van der Waals surface area contributed by atoms with Crippen LogP contribution >= 0.6 is 31.9 Å². The summed E-state index contributed by atoms with van der Waals surface area (Å²) in [6.45, 7) is 0. The first-order valence-electron chi connectivity index (χ1n) is 5.39. The Morgan fingerprint density at radius 1 is 1.10 bits per heavy atom. The van der Waals surface area contributed by atoms with Crippen LogP contribution < -0.4 is 11.1 Å². The summed E-state index contributed by atoms with van der Waals surface area (Å²) in [5.74, 6) is -2.59. The van der Waals surface area contributed by atoms with Crippen molar-refractivity contribution in [3.63, 3.8) is 0 Å². The maximum atomic E-state index is 13.6. The highest BCUT2D eigenvalue weighted by atomic mass is 79.9. The van der Waals surface area contributed by atoms with E-state index in [1.54, 1.807) is 18.2 Å². The van der Waals surface area contributed by atoms with Crippen LogP contribution in [0.5, 0.6) is 0 Å². The highest BCUT2D eigenvalue weighted by Gasteiger charge is 2.16. The quantitative estimate of drug-likeness (QED) is 0.731. The Morgan fingerprint density at radius 2 is 1.80 bits per heavy atom. The molecule has 0 saturated carbocycles. The molecule has 0 aliphatic carbocycles. The molecule has 1 amide bonds. The third-order valence-corrected chi connectivity index (χ3v) is 3.69. The zero-order chi connectivity index (χ0) is 14.9. The SMILES string of the molecule is Nc1cc(C(=O)Nc2cc(Br)ccc2Br)c(F)cc1F. The van der Waals surface area contributed by atoms with Gasteiger partial charge in [-0.25, -0.2) is 8.78 Å². The lowest BCUT2D eigenvalue weighted by Crippen LogP contribution is -2.15. The average molecular weight is 406 g/mol. The van der Waals surface area contributed by atoms with E-state index in [0.717, 1.165) is 10.5 Å². The van der Waals surface area contributed by atoms with Crippen LogP contribution in [0.1, 0.15) is 10.4 Å². The number of carbonyl (C=O) groups excluding carboxylic acids is 1. The molecule has 7 heteroatoms. The maximum Gasteiger partial charge on any atom is 0.258 e. The zero-order valence-electron chi connectivity index (χ0n) is 9.88. The Hall–Kier alpha value is -1.47. The molecule has 2 rings (SSSR count). The van der Waals surface area contributed by atoms with Gasteiger partial charge < -0.3 is 11.1 Å². The first-order chi connectivity index (χ1) is 9.38. The number of nitrogens with one attached hydrogen (secondary N) is 1. The smallest absolute Gasteiger partial charge is 0.258 e. The summed E-state index contributed by atoms with van der Waals surface area (Å²) in [4.78, 5) is 12.0. The van der Waals surface area contributed by atoms with Gasteiger partial charge in [0, 0.05) is 15.0 Å². The van der Waals surface area contributed by atoms with Gasteiger partial charge in [0.2, 0.25) is 0 Å². The van der Waals surface area contributed by atoms with Gasteiger partial charge in [0.1, 0.15) is 11.6 Å². The van der Waals surface area contributed by atoms with Crippen molar-refractivity contribution >= 4 is 49.1 Å². The fraction of sp³-hybridized carbons (Fsp3) is 0. The molecule has 104 valence electrons. The second-order valence-corrected chi connectivity index (χ2v) is 5.70. The van der Waals surface area contributed by atoms with Crippen LogP contribution in [0.25, 0.3) is 0 Å². The Bertz CT molecular complexity index is 692. The summed E-state index contributed by atoms with van der Waals surface area (Å²) in [6.07, 6.45) is 0. The van der Waals surface area contributed by atoms with E-state index in [-0.39, 0.29) is 11.3 Å². The average Bonchev–Trinajstić information content (AvgIpc) is 2.38. The van der Waals surface area contributed by atoms with Gasteiger partial charge in [-0.15, -0.1) is 0 Å². The topological polar surface area (TPSA) is 55.1 Å². The number of nitrogen functional groups attached to an aromatic ring is 1. The minimum Gasteiger partial charge on any atom is -0.396 e. The van der Waals surface area contributed by atoms with Crippen LogP contribution in [0.4, 0.5) is 20.2 Å². The van der Waals surface area contributed by atoms with Crippen molar-refractivity contribution < 1.29 is 13.6 Å². The molecule has 0 heterocycles. The molecule has 2 aromatic rings. The highest BCUT2D eigenvalue weighted by Crippen LogP contribution is 2.27. The van der Waals surface area contributed by atoms with E-state index >= 15 is 0 Å². The van der Waals surface area contributed by atoms with Gasteiger partial charge in [0.25, 0.3) is 5.91 Å². The number of amides is 1. The van der Waals surface area contributed by atoms with Crippen molar-refractivity contribution in [1.82, 2.24) is 0 Å². The molecular weight excluding hydrogens is 398 g/mol. The normalized spacial score (nSPS) is 10.4. The van der Waals surface area contributed by atoms with Crippen molar-refractivity contribution in [3.8, 4) is 0 Å². The van der Waals surface area contributed by atoms with Crippen molar-refractivity contribution in [3.05, 3.63) is 56.5 Å². The molecule has 2 aromatic carbocycles. The summed E-state index contributed by atoms with van der Waals surface area (Å²) >= 11 is 6.52. The number of carbonyl (C=O) groups is 1. The van der Waals surface area contributed by atoms with E-state index < -0.39 is 17.5 Å². The van der Waals surface area contributed by atoms with Gasteiger partial charge in [-0.3, -0.25) is 4.79 Å². The third-order valence-electron chi connectivity index (χ3n) is 2.51. The van der Waals surface area contributed by atoms with Crippen molar-refractivity contribution in [1.29, 1.82) is 0 Å². The van der Waals surface area contributed by atoms with E-state index in [0.29, 0.717) is 16.2 Å². The molecule has 0 radical (unpaired) electrons. The fourth-order valence-corrected chi connectivity index (χ4v) is 2.23. The number of halogens is 4. The van der Waals surface area contributed by atoms with Crippen LogP contribution in [0.15, 0.2) is 39.3 Å². The third kappa shape index (κ3) is 3.16. The van der Waals surface area contributed by atoms with Crippen molar-refractivity contribution in [2.45, 2.75) is 0 Å². The summed E-state index contributed by atoms with van der Waals surface area (Å²) in [7, 11) is 0.